The molecule has 0 aromatic heterocycles. The molecule has 14 rings (SSSR count). The quantitative estimate of drug-likeness (QED) is 0.0149. The van der Waals surface area contributed by atoms with E-state index in [-0.39, 0.29) is 76.9 Å². The maximum absolute atomic E-state index is 14.0. The third-order valence-electron chi connectivity index (χ3n) is 29.0. The van der Waals surface area contributed by atoms with Gasteiger partial charge in [0.2, 0.25) is 0 Å². The van der Waals surface area contributed by atoms with Crippen LogP contribution >= 0.6 is 0 Å². The largest absolute Gasteiger partial charge is 0.497 e. The molecule has 10 aromatic rings. The predicted molar refractivity (Wildman–Crippen MR) is 547 cm³/mol. The molecule has 6 amide bonds. The summed E-state index contributed by atoms with van der Waals surface area (Å²) in [5.41, 5.74) is 9.42. The van der Waals surface area contributed by atoms with Crippen LogP contribution in [0.2, 0.25) is 0 Å². The molecule has 19 heteroatoms. The van der Waals surface area contributed by atoms with Crippen molar-refractivity contribution < 1.29 is 76.3 Å². The second-order valence-electron chi connectivity index (χ2n) is 39.2. The first-order valence-electron chi connectivity index (χ1n) is 51.3. The van der Waals surface area contributed by atoms with Crippen LogP contribution in [0, 0.1) is 23.7 Å². The molecular formula is C120H139N3O16. The average Bonchev–Trinajstić information content (AvgIpc) is 1.62. The smallest absolute Gasteiger partial charge is 0.305 e. The van der Waals surface area contributed by atoms with E-state index in [4.69, 9.17) is 33.2 Å². The van der Waals surface area contributed by atoms with E-state index in [1.165, 1.54) is 151 Å². The van der Waals surface area contributed by atoms with E-state index in [0.717, 1.165) is 112 Å². The monoisotopic (exact) mass is 1880 g/mol. The van der Waals surface area contributed by atoms with Gasteiger partial charge in [0, 0.05) is 49.4 Å². The van der Waals surface area contributed by atoms with Gasteiger partial charge >= 0.3 is 17.9 Å². The van der Waals surface area contributed by atoms with Gasteiger partial charge in [-0.3, -0.25) is 43.2 Å². The Labute approximate surface area is 821 Å². The van der Waals surface area contributed by atoms with Gasteiger partial charge in [-0.05, 0) is 241 Å². The second-order valence-corrected chi connectivity index (χ2v) is 39.2. The third-order valence-corrected chi connectivity index (χ3v) is 29.0. The number of hydrogen-bond donors (Lipinski definition) is 0. The average molecular weight is 1880 g/mol. The van der Waals surface area contributed by atoms with Gasteiger partial charge in [0.05, 0.1) is 77.4 Å². The minimum atomic E-state index is -0.445. The number of unbranched alkanes of at least 4 members (excludes halogenated alkanes) is 18. The molecule has 4 aliphatic rings. The van der Waals surface area contributed by atoms with Crippen molar-refractivity contribution in [3.05, 3.63) is 297 Å². The van der Waals surface area contributed by atoms with Crippen LogP contribution in [-0.2, 0) is 58.7 Å². The fourth-order valence-electron chi connectivity index (χ4n) is 20.6. The summed E-state index contributed by atoms with van der Waals surface area (Å²) in [6.45, 7) is 15.7. The normalized spacial score (nSPS) is 15.7. The molecule has 0 saturated heterocycles. The molecule has 0 N–H and O–H groups in total. The zero-order chi connectivity index (χ0) is 97.8. The van der Waals surface area contributed by atoms with Crippen LogP contribution < -0.4 is 33.6 Å². The Morgan fingerprint density at radius 2 is 0.547 bits per heavy atom. The minimum absolute atomic E-state index is 0.177. The lowest BCUT2D eigenvalue weighted by atomic mass is 9.61. The number of carbonyl (C=O) groups excluding carboxylic acids is 9. The summed E-state index contributed by atoms with van der Waals surface area (Å²) in [6.07, 6.45) is 37.4. The van der Waals surface area contributed by atoms with Gasteiger partial charge in [-0.2, -0.15) is 0 Å². The maximum atomic E-state index is 14.0. The van der Waals surface area contributed by atoms with Gasteiger partial charge in [0.25, 0.3) is 35.4 Å². The molecule has 0 spiro atoms. The SMILES string of the molecule is CCCCCCCCC1CCC(CCCCCCCCC(=O)OCCc2ccc(N3C(=O)c4ccc(Oc5ccc(C(C)(C)c6ccc(OC)cc6)cc5)cc4C3=O)cc2)C(CCCCCCCCC(=O)OCCc2ccc(N3C(=O)c4ccc(Oc5ccc(C(C)(C)c6ccc(Oc7ccc8c(c7)C(=O)N(c7ccc(CCOC(=O)CC)cc7)C8=O)cc6)cc5)cc4C3=O)cc2)C1CCCCCC. The Hall–Kier alpha value is -12.8. The third kappa shape index (κ3) is 26.6. The summed E-state index contributed by atoms with van der Waals surface area (Å²) in [5.74, 6) is 3.91. The van der Waals surface area contributed by atoms with Crippen molar-refractivity contribution in [2.45, 2.75) is 278 Å². The standard InChI is InChI=1S/C120H139N3O16/c1-9-12-14-16-21-26-32-86-44-45-87(33-27-22-17-19-24-30-36-111(125)135-78-75-84-40-56-93(57-41-84)122-114(128)105-72-68-99(80-108(105)117(122)131)137-96-62-48-89(49-63-96)119(4,5)88-46-60-95(133-8)61-47-88)103(102(86)34-28-15-13-10-2)35-29-23-18-20-25-31-37-112(126)136-79-76-85-42-58-94(59-43-85)123-115(129)106-73-70-101(82-109(106)118(123)132)139-98-66-52-91(53-67-98)120(6,7)90-50-64-97(65-51-90)138-100-69-71-104-107(81-100)116(130)121(113(104)127)92-54-38-83(39-55-92)74-77-134-110(124)11-3/h38-43,46-73,80-82,86-87,102-103H,9-37,44-45,74-79H2,1-8H3. The van der Waals surface area contributed by atoms with E-state index in [1.54, 1.807) is 105 Å². The van der Waals surface area contributed by atoms with Crippen molar-refractivity contribution >= 4 is 70.4 Å². The Morgan fingerprint density at radius 3 is 0.849 bits per heavy atom. The zero-order valence-electron chi connectivity index (χ0n) is 82.7. The number of anilines is 3. The summed E-state index contributed by atoms with van der Waals surface area (Å²) in [6, 6.07) is 67.9. The molecule has 730 valence electrons. The number of amides is 6. The van der Waals surface area contributed by atoms with E-state index >= 15 is 0 Å². The van der Waals surface area contributed by atoms with Crippen LogP contribution in [0.4, 0.5) is 17.1 Å². The molecule has 10 aromatic carbocycles. The Morgan fingerprint density at radius 1 is 0.288 bits per heavy atom. The van der Waals surface area contributed by atoms with Crippen LogP contribution in [0.3, 0.4) is 0 Å². The minimum Gasteiger partial charge on any atom is -0.497 e. The highest BCUT2D eigenvalue weighted by atomic mass is 16.5. The number of imide groups is 3. The summed E-state index contributed by atoms with van der Waals surface area (Å²) < 4.78 is 40.7. The fraction of sp³-hybridized carbons (Fsp3) is 0.425. The number of methoxy groups -OCH3 is 1. The first-order chi connectivity index (χ1) is 67.5. The molecule has 4 unspecified atom stereocenters. The molecule has 139 heavy (non-hydrogen) atoms. The van der Waals surface area contributed by atoms with Crippen LogP contribution in [0.1, 0.15) is 349 Å². The van der Waals surface area contributed by atoms with Gasteiger partial charge < -0.3 is 33.2 Å². The number of nitrogens with zero attached hydrogens (tertiary/aromatic N) is 3. The zero-order valence-corrected chi connectivity index (χ0v) is 82.7. The molecule has 1 saturated carbocycles. The van der Waals surface area contributed by atoms with E-state index in [0.29, 0.717) is 95.6 Å². The van der Waals surface area contributed by atoms with E-state index < -0.39 is 35.0 Å². The van der Waals surface area contributed by atoms with E-state index in [1.807, 2.05) is 121 Å². The van der Waals surface area contributed by atoms with Gasteiger partial charge in [0.1, 0.15) is 40.2 Å². The summed E-state index contributed by atoms with van der Waals surface area (Å²) in [7, 11) is 1.66. The Balaban J connectivity index is 0.464. The van der Waals surface area contributed by atoms with Crippen LogP contribution in [0.15, 0.2) is 224 Å². The number of ether oxygens (including phenoxy) is 7. The van der Waals surface area contributed by atoms with Gasteiger partial charge in [-0.25, -0.2) is 14.7 Å². The number of fused-ring (bicyclic) bond motifs is 3. The summed E-state index contributed by atoms with van der Waals surface area (Å²) in [4.78, 5) is 123. The Bertz CT molecular complexity index is 5830. The molecule has 1 aliphatic carbocycles. The van der Waals surface area contributed by atoms with E-state index in [9.17, 15) is 43.2 Å². The van der Waals surface area contributed by atoms with Crippen LogP contribution in [0.25, 0.3) is 0 Å². The highest BCUT2D eigenvalue weighted by Crippen LogP contribution is 2.49. The van der Waals surface area contributed by atoms with Crippen molar-refractivity contribution in [2.24, 2.45) is 23.7 Å². The number of hydrogen-bond acceptors (Lipinski definition) is 16. The number of benzene rings is 10. The second kappa shape index (κ2) is 49.7. The highest BCUT2D eigenvalue weighted by molar-refractivity contribution is 6.36. The van der Waals surface area contributed by atoms with Crippen molar-refractivity contribution in [2.75, 3.05) is 41.6 Å². The van der Waals surface area contributed by atoms with Crippen molar-refractivity contribution in [3.8, 4) is 40.2 Å². The van der Waals surface area contributed by atoms with Crippen molar-refractivity contribution in [1.29, 1.82) is 0 Å². The fourth-order valence-corrected chi connectivity index (χ4v) is 20.6. The molecule has 0 bridgehead atoms. The maximum Gasteiger partial charge on any atom is 0.305 e. The van der Waals surface area contributed by atoms with Gasteiger partial charge in [0.15, 0.2) is 0 Å². The predicted octanol–water partition coefficient (Wildman–Crippen LogP) is 28.7. The molecule has 1 fully saturated rings. The van der Waals surface area contributed by atoms with Crippen LogP contribution in [0.5, 0.6) is 40.2 Å². The number of rotatable bonds is 54. The topological polar surface area (TPSA) is 228 Å². The molecule has 3 heterocycles. The first-order valence-corrected chi connectivity index (χ1v) is 51.3. The first kappa shape index (κ1) is 102. The summed E-state index contributed by atoms with van der Waals surface area (Å²) in [5, 5.41) is 0. The lowest BCUT2D eigenvalue weighted by Gasteiger charge is -2.44. The van der Waals surface area contributed by atoms with E-state index in [2.05, 4.69) is 53.7 Å². The number of carbonyl (C=O) groups is 9. The van der Waals surface area contributed by atoms with Gasteiger partial charge in [-0.15, -0.1) is 0 Å². The molecule has 0 radical (unpaired) electrons. The highest BCUT2D eigenvalue weighted by Gasteiger charge is 2.42. The van der Waals surface area contributed by atoms with Crippen LogP contribution in [-0.4, -0.2) is 80.3 Å². The summed E-state index contributed by atoms with van der Waals surface area (Å²) >= 11 is 0. The number of esters is 3. The molecule has 19 nitrogen and oxygen atoms in total. The van der Waals surface area contributed by atoms with Gasteiger partial charge in [-0.1, -0.05) is 275 Å². The molecule has 3 aliphatic heterocycles. The van der Waals surface area contributed by atoms with Crippen molar-refractivity contribution in [3.63, 3.8) is 0 Å². The molecular weight excluding hydrogens is 1740 g/mol. The van der Waals surface area contributed by atoms with Crippen molar-refractivity contribution in [1.82, 2.24) is 0 Å². The lowest BCUT2D eigenvalue weighted by molar-refractivity contribution is -0.144. The Kier molecular flexibility index (Phi) is 36.5. The lowest BCUT2D eigenvalue weighted by Crippen LogP contribution is -2.35. The molecule has 4 atom stereocenters.